The summed E-state index contributed by atoms with van der Waals surface area (Å²) in [6.07, 6.45) is 4.31. The van der Waals surface area contributed by atoms with E-state index in [2.05, 4.69) is 10.3 Å². The summed E-state index contributed by atoms with van der Waals surface area (Å²) in [5.41, 5.74) is -0.0710. The highest BCUT2D eigenvalue weighted by Gasteiger charge is 2.25. The minimum Gasteiger partial charge on any atom is -0.449 e. The summed E-state index contributed by atoms with van der Waals surface area (Å²) in [7, 11) is 0. The average Bonchev–Trinajstić information content (AvgIpc) is 2.99. The van der Waals surface area contributed by atoms with Crippen molar-refractivity contribution >= 4 is 23.6 Å². The van der Waals surface area contributed by atoms with Crippen molar-refractivity contribution in [3.8, 4) is 0 Å². The van der Waals surface area contributed by atoms with Crippen LogP contribution < -0.4 is 5.32 Å². The topological polar surface area (TPSA) is 68.3 Å². The Hall–Kier alpha value is -1.70. The van der Waals surface area contributed by atoms with E-state index in [1.807, 2.05) is 0 Å². The van der Waals surface area contributed by atoms with E-state index in [1.54, 1.807) is 0 Å². The Bertz CT molecular complexity index is 565. The molecule has 1 unspecified atom stereocenters. The molecule has 1 aromatic rings. The van der Waals surface area contributed by atoms with Gasteiger partial charge in [-0.25, -0.2) is 9.78 Å². The van der Waals surface area contributed by atoms with Gasteiger partial charge in [0.1, 0.15) is 5.03 Å². The van der Waals surface area contributed by atoms with Gasteiger partial charge in [-0.15, -0.1) is 0 Å². The van der Waals surface area contributed by atoms with Gasteiger partial charge < -0.3 is 10.1 Å². The molecule has 126 valence electrons. The van der Waals surface area contributed by atoms with E-state index >= 15 is 0 Å². The number of ether oxygens (including phenoxy) is 1. The van der Waals surface area contributed by atoms with Gasteiger partial charge in [0, 0.05) is 12.2 Å². The van der Waals surface area contributed by atoms with Crippen LogP contribution in [0.25, 0.3) is 0 Å². The predicted molar refractivity (Wildman–Crippen MR) is 81.4 cm³/mol. The number of alkyl halides is 2. The van der Waals surface area contributed by atoms with Gasteiger partial charge in [0.05, 0.1) is 5.56 Å². The van der Waals surface area contributed by atoms with Crippen molar-refractivity contribution in [3.63, 3.8) is 0 Å². The van der Waals surface area contributed by atoms with Crippen molar-refractivity contribution in [2.24, 2.45) is 0 Å². The maximum atomic E-state index is 12.5. The Labute approximate surface area is 137 Å². The number of hydrogen-bond donors (Lipinski definition) is 1. The number of rotatable bonds is 6. The normalized spacial score (nSPS) is 16.3. The average molecular weight is 344 g/mol. The minimum atomic E-state index is -2.69. The van der Waals surface area contributed by atoms with Crippen molar-refractivity contribution in [3.05, 3.63) is 23.9 Å². The van der Waals surface area contributed by atoms with Crippen LogP contribution in [0.3, 0.4) is 0 Å². The smallest absolute Gasteiger partial charge is 0.341 e. The van der Waals surface area contributed by atoms with Crippen molar-refractivity contribution in [2.75, 3.05) is 0 Å². The van der Waals surface area contributed by atoms with E-state index in [1.165, 1.54) is 25.3 Å². The van der Waals surface area contributed by atoms with Crippen molar-refractivity contribution in [1.29, 1.82) is 0 Å². The van der Waals surface area contributed by atoms with Crippen molar-refractivity contribution in [1.82, 2.24) is 10.3 Å². The molecule has 1 aromatic heterocycles. The highest BCUT2D eigenvalue weighted by atomic mass is 32.2. The number of pyridine rings is 1. The Kier molecular flexibility index (Phi) is 6.32. The largest absolute Gasteiger partial charge is 0.449 e. The molecule has 0 radical (unpaired) electrons. The number of nitrogens with one attached hydrogen (secondary N) is 1. The first kappa shape index (κ1) is 17.7. The number of nitrogens with zero attached hydrogens (tertiary/aromatic N) is 1. The lowest BCUT2D eigenvalue weighted by atomic mass is 10.2. The first-order valence-corrected chi connectivity index (χ1v) is 8.26. The highest BCUT2D eigenvalue weighted by molar-refractivity contribution is 7.99. The number of carbonyl (C=O) groups is 2. The highest BCUT2D eigenvalue weighted by Crippen LogP contribution is 2.27. The Morgan fingerprint density at radius 1 is 1.39 bits per heavy atom. The molecular formula is C15H18F2N2O3S. The van der Waals surface area contributed by atoms with Gasteiger partial charge in [0.15, 0.2) is 6.10 Å². The zero-order valence-corrected chi connectivity index (χ0v) is 13.4. The number of halogens is 2. The summed E-state index contributed by atoms with van der Waals surface area (Å²) in [4.78, 5) is 27.9. The van der Waals surface area contributed by atoms with Gasteiger partial charge in [0.2, 0.25) is 0 Å². The number of thioether (sulfide) groups is 1. The quantitative estimate of drug-likeness (QED) is 0.635. The summed E-state index contributed by atoms with van der Waals surface area (Å²) < 4.78 is 30.1. The van der Waals surface area contributed by atoms with Gasteiger partial charge in [-0.2, -0.15) is 8.78 Å². The van der Waals surface area contributed by atoms with Crippen LogP contribution in [-0.2, 0) is 9.53 Å². The number of esters is 1. The molecule has 0 aromatic carbocycles. The van der Waals surface area contributed by atoms with Gasteiger partial charge in [-0.05, 0) is 43.7 Å². The zero-order valence-electron chi connectivity index (χ0n) is 12.6. The summed E-state index contributed by atoms with van der Waals surface area (Å²) in [5, 5.41) is 2.71. The molecule has 2 rings (SSSR count). The molecule has 1 heterocycles. The lowest BCUT2D eigenvalue weighted by Gasteiger charge is -2.17. The molecule has 5 nitrogen and oxygen atoms in total. The van der Waals surface area contributed by atoms with Crippen LogP contribution in [-0.4, -0.2) is 34.8 Å². The number of carbonyl (C=O) groups excluding carboxylic acids is 2. The molecule has 1 atom stereocenters. The predicted octanol–water partition coefficient (Wildman–Crippen LogP) is 3.00. The Balaban J connectivity index is 1.96. The molecular weight excluding hydrogens is 326 g/mol. The first-order valence-electron chi connectivity index (χ1n) is 7.38. The fraction of sp³-hybridized carbons (Fsp3) is 0.533. The molecule has 1 saturated carbocycles. The number of hydrogen-bond acceptors (Lipinski definition) is 5. The SMILES string of the molecule is CC(OC(=O)c1cccnc1SC(F)F)C(=O)NC1CCCC1. The van der Waals surface area contributed by atoms with E-state index in [9.17, 15) is 18.4 Å². The zero-order chi connectivity index (χ0) is 16.8. The fourth-order valence-electron chi connectivity index (χ4n) is 2.39. The Morgan fingerprint density at radius 2 is 2.09 bits per heavy atom. The third kappa shape index (κ3) is 5.16. The van der Waals surface area contributed by atoms with E-state index in [-0.39, 0.29) is 34.3 Å². The molecule has 1 aliphatic rings. The van der Waals surface area contributed by atoms with E-state index in [0.29, 0.717) is 0 Å². The van der Waals surface area contributed by atoms with Crippen LogP contribution in [0.5, 0.6) is 0 Å². The lowest BCUT2D eigenvalue weighted by Crippen LogP contribution is -2.40. The lowest BCUT2D eigenvalue weighted by molar-refractivity contribution is -0.129. The maximum Gasteiger partial charge on any atom is 0.341 e. The van der Waals surface area contributed by atoms with Gasteiger partial charge in [-0.1, -0.05) is 12.8 Å². The molecule has 1 aliphatic carbocycles. The number of amides is 1. The second-order valence-electron chi connectivity index (χ2n) is 5.27. The second kappa shape index (κ2) is 8.24. The van der Waals surface area contributed by atoms with Crippen LogP contribution in [0, 0.1) is 0 Å². The molecule has 1 N–H and O–H groups in total. The van der Waals surface area contributed by atoms with Crippen LogP contribution in [0.15, 0.2) is 23.4 Å². The standard InChI is InChI=1S/C15H18F2N2O3S/c1-9(12(20)19-10-5-2-3-6-10)22-14(21)11-7-4-8-18-13(11)23-15(16)17/h4,7-10,15H,2-3,5-6H2,1H3,(H,19,20). The van der Waals surface area contributed by atoms with Crippen LogP contribution in [0.2, 0.25) is 0 Å². The van der Waals surface area contributed by atoms with Gasteiger partial charge >= 0.3 is 5.97 Å². The van der Waals surface area contributed by atoms with Gasteiger partial charge in [0.25, 0.3) is 11.7 Å². The van der Waals surface area contributed by atoms with E-state index < -0.39 is 17.8 Å². The molecule has 1 amide bonds. The monoisotopic (exact) mass is 344 g/mol. The third-order valence-corrected chi connectivity index (χ3v) is 4.27. The van der Waals surface area contributed by atoms with Gasteiger partial charge in [-0.3, -0.25) is 4.79 Å². The minimum absolute atomic E-state index is 0.0710. The second-order valence-corrected chi connectivity index (χ2v) is 6.25. The molecule has 0 saturated heterocycles. The molecule has 23 heavy (non-hydrogen) atoms. The molecule has 8 heteroatoms. The molecule has 0 spiro atoms. The summed E-state index contributed by atoms with van der Waals surface area (Å²) >= 11 is 0.169. The number of aromatic nitrogens is 1. The van der Waals surface area contributed by atoms with E-state index in [4.69, 9.17) is 4.74 Å². The summed E-state index contributed by atoms with van der Waals surface area (Å²) in [6, 6.07) is 2.92. The van der Waals surface area contributed by atoms with Crippen molar-refractivity contribution in [2.45, 2.75) is 55.5 Å². The van der Waals surface area contributed by atoms with E-state index in [0.717, 1.165) is 25.7 Å². The first-order chi connectivity index (χ1) is 11.0. The summed E-state index contributed by atoms with van der Waals surface area (Å²) in [5.74, 6) is -3.91. The van der Waals surface area contributed by atoms with Crippen LogP contribution >= 0.6 is 11.8 Å². The molecule has 0 bridgehead atoms. The maximum absolute atomic E-state index is 12.5. The molecule has 1 fully saturated rings. The fourth-order valence-corrected chi connectivity index (χ4v) is 2.96. The van der Waals surface area contributed by atoms with Crippen LogP contribution in [0.1, 0.15) is 43.0 Å². The van der Waals surface area contributed by atoms with Crippen LogP contribution in [0.4, 0.5) is 8.78 Å². The molecule has 0 aliphatic heterocycles. The third-order valence-electron chi connectivity index (χ3n) is 3.55. The Morgan fingerprint density at radius 3 is 2.74 bits per heavy atom. The van der Waals surface area contributed by atoms with Crippen molar-refractivity contribution < 1.29 is 23.1 Å². The summed E-state index contributed by atoms with van der Waals surface area (Å²) in [6.45, 7) is 1.46.